The summed E-state index contributed by atoms with van der Waals surface area (Å²) < 4.78 is 9.28. The molecule has 0 amide bonds. The van der Waals surface area contributed by atoms with Gasteiger partial charge in [0.15, 0.2) is 0 Å². The summed E-state index contributed by atoms with van der Waals surface area (Å²) in [7, 11) is 0. The number of hydrogen-bond donors (Lipinski definition) is 0. The summed E-state index contributed by atoms with van der Waals surface area (Å²) in [6, 6.07) is 72.2. The molecule has 0 radical (unpaired) electrons. The molecule has 11 aromatic rings. The molecule has 258 valence electrons. The van der Waals surface area contributed by atoms with Crippen LogP contribution in [-0.2, 0) is 0 Å². The third-order valence-corrected chi connectivity index (χ3v) is 12.0. The number of nitrogens with zero attached hydrogens (tertiary/aromatic N) is 1. The molecule has 0 saturated carbocycles. The third kappa shape index (κ3) is 5.24. The van der Waals surface area contributed by atoms with Crippen molar-refractivity contribution in [2.24, 2.45) is 0 Å². The first kappa shape index (κ1) is 31.6. The Morgan fingerprint density at radius 2 is 1.02 bits per heavy atom. The molecule has 0 aliphatic heterocycles. The van der Waals surface area contributed by atoms with Crippen molar-refractivity contribution in [3.05, 3.63) is 200 Å². The second kappa shape index (κ2) is 12.9. The van der Waals surface area contributed by atoms with Crippen LogP contribution >= 0.6 is 11.3 Å². The molecule has 11 rings (SSSR count). The van der Waals surface area contributed by atoms with Crippen molar-refractivity contribution in [1.82, 2.24) is 0 Å². The van der Waals surface area contributed by atoms with E-state index in [1.807, 2.05) is 17.4 Å². The second-order valence-corrected chi connectivity index (χ2v) is 15.1. The van der Waals surface area contributed by atoms with Crippen LogP contribution in [0.15, 0.2) is 205 Å². The van der Waals surface area contributed by atoms with Crippen LogP contribution in [0.2, 0.25) is 0 Å². The number of rotatable bonds is 6. The van der Waals surface area contributed by atoms with Crippen molar-refractivity contribution in [3.8, 4) is 33.4 Å². The molecule has 2 heterocycles. The third-order valence-electron chi connectivity index (χ3n) is 10.9. The van der Waals surface area contributed by atoms with Crippen molar-refractivity contribution in [3.63, 3.8) is 0 Å². The lowest BCUT2D eigenvalue weighted by Gasteiger charge is -2.28. The molecule has 0 N–H and O–H groups in total. The number of anilines is 3. The Labute approximate surface area is 322 Å². The molecule has 0 fully saturated rings. The van der Waals surface area contributed by atoms with Crippen molar-refractivity contribution < 1.29 is 4.42 Å². The Bertz CT molecular complexity index is 3200. The summed E-state index contributed by atoms with van der Waals surface area (Å²) in [6.45, 7) is 0. The summed E-state index contributed by atoms with van der Waals surface area (Å²) in [5.74, 6) is 0. The minimum absolute atomic E-state index is 0.893. The quantitative estimate of drug-likeness (QED) is 0.170. The fraction of sp³-hybridized carbons (Fsp3) is 0. The maximum absolute atomic E-state index is 6.72. The number of thiophene rings is 1. The van der Waals surface area contributed by atoms with Gasteiger partial charge < -0.3 is 9.32 Å². The standard InChI is InChI=1S/C52H33NOS/c1-2-13-34(14-3-1)35-27-29-37(30-28-35)53(47-23-12-26-50-51(47)45-19-7-9-25-49(45)55-50)38-31-32-41(40-20-10-16-36-15-4-5-17-39(36)40)46(33-38)44-22-11-21-43-42-18-6-8-24-48(42)54-52(43)44/h1-33H. The molecule has 9 aromatic carbocycles. The van der Waals surface area contributed by atoms with Crippen molar-refractivity contribution >= 4 is 81.3 Å². The van der Waals surface area contributed by atoms with Crippen LogP contribution in [0.4, 0.5) is 17.1 Å². The normalized spacial score (nSPS) is 11.6. The minimum Gasteiger partial charge on any atom is -0.455 e. The van der Waals surface area contributed by atoms with Gasteiger partial charge in [-0.25, -0.2) is 0 Å². The highest BCUT2D eigenvalue weighted by atomic mass is 32.1. The fourth-order valence-corrected chi connectivity index (χ4v) is 9.48. The summed E-state index contributed by atoms with van der Waals surface area (Å²) >= 11 is 1.85. The molecule has 2 nitrogen and oxygen atoms in total. The summed E-state index contributed by atoms with van der Waals surface area (Å²) in [4.78, 5) is 2.44. The van der Waals surface area contributed by atoms with E-state index in [1.165, 1.54) is 47.6 Å². The fourth-order valence-electron chi connectivity index (χ4n) is 8.35. The zero-order chi connectivity index (χ0) is 36.3. The number of benzene rings is 9. The van der Waals surface area contributed by atoms with Gasteiger partial charge in [0.05, 0.1) is 5.69 Å². The molecule has 0 spiro atoms. The van der Waals surface area contributed by atoms with E-state index in [0.29, 0.717) is 0 Å². The van der Waals surface area contributed by atoms with E-state index >= 15 is 0 Å². The number of fused-ring (bicyclic) bond motifs is 7. The predicted octanol–water partition coefficient (Wildman–Crippen LogP) is 15.6. The molecule has 0 saturated heterocycles. The number of para-hydroxylation sites is 2. The highest BCUT2D eigenvalue weighted by Gasteiger charge is 2.22. The highest BCUT2D eigenvalue weighted by molar-refractivity contribution is 7.26. The maximum Gasteiger partial charge on any atom is 0.143 e. The topological polar surface area (TPSA) is 16.4 Å². The van der Waals surface area contributed by atoms with Crippen LogP contribution in [0.3, 0.4) is 0 Å². The molecular formula is C52H33NOS. The zero-order valence-electron chi connectivity index (χ0n) is 29.8. The Hall–Kier alpha value is -6.94. The van der Waals surface area contributed by atoms with Crippen LogP contribution in [0, 0.1) is 0 Å². The Morgan fingerprint density at radius 3 is 1.91 bits per heavy atom. The van der Waals surface area contributed by atoms with Gasteiger partial charge in [-0.15, -0.1) is 11.3 Å². The molecule has 0 bridgehead atoms. The van der Waals surface area contributed by atoms with Gasteiger partial charge in [0, 0.05) is 47.9 Å². The van der Waals surface area contributed by atoms with E-state index in [4.69, 9.17) is 4.42 Å². The van der Waals surface area contributed by atoms with Crippen LogP contribution < -0.4 is 4.90 Å². The Kier molecular flexibility index (Phi) is 7.39. The molecular weight excluding hydrogens is 687 g/mol. The SMILES string of the molecule is c1ccc(-c2ccc(N(c3ccc(-c4cccc5ccccc45)c(-c4cccc5c4oc4ccccc45)c3)c3cccc4sc5ccccc5c34)cc2)cc1. The van der Waals surface area contributed by atoms with E-state index in [-0.39, 0.29) is 0 Å². The van der Waals surface area contributed by atoms with E-state index in [9.17, 15) is 0 Å². The highest BCUT2D eigenvalue weighted by Crippen LogP contribution is 2.48. The van der Waals surface area contributed by atoms with Crippen LogP contribution in [-0.4, -0.2) is 0 Å². The summed E-state index contributed by atoms with van der Waals surface area (Å²) in [5, 5.41) is 7.20. The van der Waals surface area contributed by atoms with Crippen LogP contribution in [0.5, 0.6) is 0 Å². The van der Waals surface area contributed by atoms with Gasteiger partial charge in [-0.2, -0.15) is 0 Å². The average Bonchev–Trinajstić information content (AvgIpc) is 3.83. The predicted molar refractivity (Wildman–Crippen MR) is 235 cm³/mol. The van der Waals surface area contributed by atoms with Crippen molar-refractivity contribution in [1.29, 1.82) is 0 Å². The monoisotopic (exact) mass is 719 g/mol. The Morgan fingerprint density at radius 1 is 0.382 bits per heavy atom. The van der Waals surface area contributed by atoms with E-state index in [1.54, 1.807) is 0 Å². The summed E-state index contributed by atoms with van der Waals surface area (Å²) in [6.07, 6.45) is 0. The lowest BCUT2D eigenvalue weighted by atomic mass is 9.90. The van der Waals surface area contributed by atoms with E-state index in [2.05, 4.69) is 199 Å². The van der Waals surface area contributed by atoms with Crippen molar-refractivity contribution in [2.45, 2.75) is 0 Å². The van der Waals surface area contributed by atoms with Crippen molar-refractivity contribution in [2.75, 3.05) is 4.90 Å². The number of furan rings is 1. The van der Waals surface area contributed by atoms with Gasteiger partial charge >= 0.3 is 0 Å². The zero-order valence-corrected chi connectivity index (χ0v) is 30.6. The lowest BCUT2D eigenvalue weighted by Crippen LogP contribution is -2.10. The van der Waals surface area contributed by atoms with Crippen LogP contribution in [0.25, 0.3) is 86.3 Å². The first-order chi connectivity index (χ1) is 27.3. The van der Waals surface area contributed by atoms with Gasteiger partial charge in [0.25, 0.3) is 0 Å². The second-order valence-electron chi connectivity index (χ2n) is 14.0. The van der Waals surface area contributed by atoms with Crippen LogP contribution in [0.1, 0.15) is 0 Å². The van der Waals surface area contributed by atoms with E-state index in [0.717, 1.165) is 55.7 Å². The minimum atomic E-state index is 0.893. The molecule has 0 unspecified atom stereocenters. The molecule has 2 aromatic heterocycles. The average molecular weight is 720 g/mol. The smallest absolute Gasteiger partial charge is 0.143 e. The van der Waals surface area contributed by atoms with Gasteiger partial charge in [-0.3, -0.25) is 0 Å². The number of hydrogen-bond acceptors (Lipinski definition) is 3. The van der Waals surface area contributed by atoms with Gasteiger partial charge in [0.1, 0.15) is 11.2 Å². The van der Waals surface area contributed by atoms with Gasteiger partial charge in [-0.1, -0.05) is 152 Å². The van der Waals surface area contributed by atoms with E-state index < -0.39 is 0 Å². The lowest BCUT2D eigenvalue weighted by molar-refractivity contribution is 0.670. The first-order valence-corrected chi connectivity index (χ1v) is 19.5. The molecule has 55 heavy (non-hydrogen) atoms. The summed E-state index contributed by atoms with van der Waals surface area (Å²) in [5.41, 5.74) is 12.0. The van der Waals surface area contributed by atoms with Gasteiger partial charge in [-0.05, 0) is 87.1 Å². The molecule has 0 atom stereocenters. The Balaban J connectivity index is 1.20. The molecule has 0 aliphatic rings. The molecule has 0 aliphatic carbocycles. The maximum atomic E-state index is 6.72. The van der Waals surface area contributed by atoms with Gasteiger partial charge in [0.2, 0.25) is 0 Å². The first-order valence-electron chi connectivity index (χ1n) is 18.7. The largest absolute Gasteiger partial charge is 0.455 e. The molecule has 3 heteroatoms.